The Hall–Kier alpha value is -0.940. The summed E-state index contributed by atoms with van der Waals surface area (Å²) >= 11 is 6.09. The summed E-state index contributed by atoms with van der Waals surface area (Å²) in [6, 6.07) is 5.06. The van der Waals surface area contributed by atoms with Crippen molar-refractivity contribution in [2.75, 3.05) is 22.8 Å². The molecule has 4 nitrogen and oxygen atoms in total. The monoisotopic (exact) mass is 318 g/mol. The molecule has 1 rings (SSSR count). The number of hydrogen-bond acceptors (Lipinski definition) is 3. The lowest BCUT2D eigenvalue weighted by atomic mass is 10.1. The molecule has 0 heterocycles. The molecule has 0 radical (unpaired) electrons. The quantitative estimate of drug-likeness (QED) is 0.674. The summed E-state index contributed by atoms with van der Waals surface area (Å²) < 4.78 is 24.8. The highest BCUT2D eigenvalue weighted by Crippen LogP contribution is 2.26. The van der Waals surface area contributed by atoms with E-state index in [1.54, 1.807) is 18.2 Å². The summed E-state index contributed by atoms with van der Waals surface area (Å²) in [5, 5.41) is 3.84. The summed E-state index contributed by atoms with van der Waals surface area (Å²) in [6.07, 6.45) is 7.16. The fraction of sp³-hybridized carbons (Fsp3) is 0.571. The number of halogens is 1. The number of rotatable bonds is 9. The van der Waals surface area contributed by atoms with Gasteiger partial charge in [-0.15, -0.1) is 0 Å². The molecule has 0 aromatic heterocycles. The van der Waals surface area contributed by atoms with Gasteiger partial charge in [0.2, 0.25) is 10.0 Å². The highest BCUT2D eigenvalue weighted by Gasteiger charge is 2.05. The van der Waals surface area contributed by atoms with Crippen molar-refractivity contribution >= 4 is 33.0 Å². The molecule has 20 heavy (non-hydrogen) atoms. The summed E-state index contributed by atoms with van der Waals surface area (Å²) in [6.45, 7) is 3.03. The van der Waals surface area contributed by atoms with Gasteiger partial charge in [-0.25, -0.2) is 8.42 Å². The maximum Gasteiger partial charge on any atom is 0.229 e. The molecule has 114 valence electrons. The molecule has 0 aliphatic heterocycles. The summed E-state index contributed by atoms with van der Waals surface area (Å²) in [5.41, 5.74) is 1.28. The van der Waals surface area contributed by atoms with Gasteiger partial charge in [0.25, 0.3) is 0 Å². The molecule has 1 aromatic carbocycles. The molecule has 1 aromatic rings. The van der Waals surface area contributed by atoms with Crippen LogP contribution in [0.1, 0.15) is 39.0 Å². The Morgan fingerprint density at radius 2 is 1.85 bits per heavy atom. The van der Waals surface area contributed by atoms with Gasteiger partial charge >= 0.3 is 0 Å². The fourth-order valence-electron chi connectivity index (χ4n) is 1.89. The minimum Gasteiger partial charge on any atom is -0.384 e. The maximum atomic E-state index is 11.2. The van der Waals surface area contributed by atoms with Crippen molar-refractivity contribution in [3.05, 3.63) is 23.2 Å². The van der Waals surface area contributed by atoms with Crippen LogP contribution in [0.2, 0.25) is 5.02 Å². The average molecular weight is 319 g/mol. The Kier molecular flexibility index (Phi) is 7.16. The van der Waals surface area contributed by atoms with Crippen LogP contribution < -0.4 is 10.0 Å². The maximum absolute atomic E-state index is 11.2. The van der Waals surface area contributed by atoms with Crippen molar-refractivity contribution in [2.45, 2.75) is 39.0 Å². The van der Waals surface area contributed by atoms with E-state index in [0.717, 1.165) is 24.9 Å². The third kappa shape index (κ3) is 7.01. The molecule has 0 amide bonds. The lowest BCUT2D eigenvalue weighted by Gasteiger charge is -2.11. The zero-order valence-corrected chi connectivity index (χ0v) is 13.6. The van der Waals surface area contributed by atoms with Crippen LogP contribution in [0.3, 0.4) is 0 Å². The van der Waals surface area contributed by atoms with Crippen LogP contribution in [0, 0.1) is 0 Å². The first-order chi connectivity index (χ1) is 9.42. The van der Waals surface area contributed by atoms with Gasteiger partial charge in [0, 0.05) is 6.54 Å². The smallest absolute Gasteiger partial charge is 0.229 e. The van der Waals surface area contributed by atoms with E-state index in [1.165, 1.54) is 25.7 Å². The topological polar surface area (TPSA) is 58.2 Å². The van der Waals surface area contributed by atoms with E-state index in [2.05, 4.69) is 17.0 Å². The third-order valence-electron chi connectivity index (χ3n) is 2.87. The number of nitrogens with one attached hydrogen (secondary N) is 2. The van der Waals surface area contributed by atoms with E-state index < -0.39 is 10.0 Å². The molecule has 2 N–H and O–H groups in total. The zero-order chi connectivity index (χ0) is 15.0. The van der Waals surface area contributed by atoms with Crippen molar-refractivity contribution in [3.63, 3.8) is 0 Å². The molecular formula is C14H23ClN2O2S. The van der Waals surface area contributed by atoms with Gasteiger partial charge in [-0.3, -0.25) is 4.72 Å². The van der Waals surface area contributed by atoms with Gasteiger partial charge in [0.1, 0.15) is 0 Å². The molecule has 0 fully saturated rings. The van der Waals surface area contributed by atoms with E-state index in [9.17, 15) is 8.42 Å². The molecule has 0 saturated heterocycles. The molecule has 0 bridgehead atoms. The highest BCUT2D eigenvalue weighted by atomic mass is 35.5. The minimum absolute atomic E-state index is 0.519. The van der Waals surface area contributed by atoms with Crippen molar-refractivity contribution in [1.82, 2.24) is 0 Å². The van der Waals surface area contributed by atoms with Gasteiger partial charge in [-0.2, -0.15) is 0 Å². The van der Waals surface area contributed by atoms with E-state index in [-0.39, 0.29) is 0 Å². The van der Waals surface area contributed by atoms with E-state index in [0.29, 0.717) is 10.7 Å². The van der Waals surface area contributed by atoms with Crippen molar-refractivity contribution < 1.29 is 8.42 Å². The number of hydrogen-bond donors (Lipinski definition) is 2. The standard InChI is InChI=1S/C14H23ClN2O2S/c1-3-4-5-6-7-10-16-14-11-12(8-9-13(14)15)17-20(2,18)19/h8-9,11,16-17H,3-7,10H2,1-2H3. The number of benzene rings is 1. The Morgan fingerprint density at radius 3 is 2.50 bits per heavy atom. The van der Waals surface area contributed by atoms with Crippen LogP contribution in [-0.2, 0) is 10.0 Å². The highest BCUT2D eigenvalue weighted by molar-refractivity contribution is 7.92. The minimum atomic E-state index is -3.26. The van der Waals surface area contributed by atoms with Crippen LogP contribution >= 0.6 is 11.6 Å². The van der Waals surface area contributed by atoms with Crippen LogP contribution in [0.15, 0.2) is 18.2 Å². The van der Waals surface area contributed by atoms with Crippen molar-refractivity contribution in [2.24, 2.45) is 0 Å². The van der Waals surface area contributed by atoms with E-state index in [4.69, 9.17) is 11.6 Å². The summed E-state index contributed by atoms with van der Waals surface area (Å²) in [7, 11) is -3.26. The zero-order valence-electron chi connectivity index (χ0n) is 12.1. The van der Waals surface area contributed by atoms with Crippen LogP contribution in [0.5, 0.6) is 0 Å². The largest absolute Gasteiger partial charge is 0.384 e. The Balaban J connectivity index is 2.50. The van der Waals surface area contributed by atoms with Crippen molar-refractivity contribution in [3.8, 4) is 0 Å². The SMILES string of the molecule is CCCCCCCNc1cc(NS(C)(=O)=O)ccc1Cl. The normalized spacial score (nSPS) is 11.3. The van der Waals surface area contributed by atoms with E-state index >= 15 is 0 Å². The predicted molar refractivity (Wildman–Crippen MR) is 87.2 cm³/mol. The molecule has 0 aliphatic rings. The lowest BCUT2D eigenvalue weighted by Crippen LogP contribution is -2.10. The second-order valence-electron chi connectivity index (χ2n) is 4.91. The average Bonchev–Trinajstić information content (AvgIpc) is 2.35. The van der Waals surface area contributed by atoms with Crippen molar-refractivity contribution in [1.29, 1.82) is 0 Å². The number of anilines is 2. The van der Waals surface area contributed by atoms with E-state index in [1.807, 2.05) is 0 Å². The second kappa shape index (κ2) is 8.37. The molecule has 0 aliphatic carbocycles. The molecule has 6 heteroatoms. The van der Waals surface area contributed by atoms with Gasteiger partial charge < -0.3 is 5.32 Å². The molecule has 0 unspecified atom stereocenters. The molecule has 0 saturated carbocycles. The first-order valence-electron chi connectivity index (χ1n) is 6.93. The first-order valence-corrected chi connectivity index (χ1v) is 9.20. The van der Waals surface area contributed by atoms with Crippen LogP contribution in [0.4, 0.5) is 11.4 Å². The fourth-order valence-corrected chi connectivity index (χ4v) is 2.63. The van der Waals surface area contributed by atoms with Gasteiger partial charge in [0.15, 0.2) is 0 Å². The van der Waals surface area contributed by atoms with Gasteiger partial charge in [-0.1, -0.05) is 44.2 Å². The summed E-state index contributed by atoms with van der Waals surface area (Å²) in [4.78, 5) is 0. The molecule has 0 spiro atoms. The Labute approximate surface area is 127 Å². The third-order valence-corrected chi connectivity index (χ3v) is 3.80. The molecule has 0 atom stereocenters. The lowest BCUT2D eigenvalue weighted by molar-refractivity contribution is 0.607. The number of unbranched alkanes of at least 4 members (excludes halogenated alkanes) is 4. The van der Waals surface area contributed by atoms with Crippen LogP contribution in [-0.4, -0.2) is 21.2 Å². The number of sulfonamides is 1. The predicted octanol–water partition coefficient (Wildman–Crippen LogP) is 4.09. The first kappa shape index (κ1) is 17.1. The Morgan fingerprint density at radius 1 is 1.15 bits per heavy atom. The van der Waals surface area contributed by atoms with Crippen LogP contribution in [0.25, 0.3) is 0 Å². The molecular weight excluding hydrogens is 296 g/mol. The summed E-state index contributed by atoms with van der Waals surface area (Å²) in [5.74, 6) is 0. The van der Waals surface area contributed by atoms with Gasteiger partial charge in [0.05, 0.1) is 22.7 Å². The Bertz CT molecular complexity index is 518. The van der Waals surface area contributed by atoms with Gasteiger partial charge in [-0.05, 0) is 24.6 Å². The second-order valence-corrected chi connectivity index (χ2v) is 7.07.